The van der Waals surface area contributed by atoms with Gasteiger partial charge in [-0.3, -0.25) is 8.37 Å². The first-order chi connectivity index (χ1) is 9.82. The van der Waals surface area contributed by atoms with Crippen molar-refractivity contribution >= 4 is 23.0 Å². The lowest BCUT2D eigenvalue weighted by Crippen LogP contribution is -2.20. The Balaban J connectivity index is 2.39. The highest BCUT2D eigenvalue weighted by molar-refractivity contribution is 7.75. The number of rotatable bonds is 8. The van der Waals surface area contributed by atoms with Gasteiger partial charge in [-0.15, -0.1) is 11.6 Å². The third-order valence-electron chi connectivity index (χ3n) is 2.70. The van der Waals surface area contributed by atoms with Gasteiger partial charge in [0.1, 0.15) is 18.5 Å². The molecule has 2 atom stereocenters. The van der Waals surface area contributed by atoms with E-state index in [1.807, 2.05) is 24.3 Å². The van der Waals surface area contributed by atoms with E-state index in [4.69, 9.17) is 24.7 Å². The molecular weight excluding hydrogens is 312 g/mol. The maximum Gasteiger partial charge on any atom is 0.305 e. The molecular formula is C15H23ClO4S. The lowest BCUT2D eigenvalue weighted by Gasteiger charge is -2.19. The SMILES string of the molecule is C[C@H](COc1ccc(C(C)(C)C)cc1)O[S@](=O)OCCCl. The van der Waals surface area contributed by atoms with Crippen molar-refractivity contribution in [2.75, 3.05) is 19.1 Å². The van der Waals surface area contributed by atoms with Crippen LogP contribution < -0.4 is 4.74 Å². The minimum Gasteiger partial charge on any atom is -0.491 e. The summed E-state index contributed by atoms with van der Waals surface area (Å²) < 4.78 is 26.9. The molecule has 0 aliphatic carbocycles. The molecule has 0 unspecified atom stereocenters. The van der Waals surface area contributed by atoms with E-state index in [-0.39, 0.29) is 24.0 Å². The Labute approximate surface area is 134 Å². The Bertz CT molecular complexity index is 442. The molecule has 0 amide bonds. The number of hydrogen-bond donors (Lipinski definition) is 0. The highest BCUT2D eigenvalue weighted by atomic mass is 35.5. The molecule has 0 radical (unpaired) electrons. The van der Waals surface area contributed by atoms with Crippen LogP contribution in [0.25, 0.3) is 0 Å². The summed E-state index contributed by atoms with van der Waals surface area (Å²) in [6, 6.07) is 7.94. The molecule has 0 aliphatic rings. The normalized spacial score (nSPS) is 14.7. The van der Waals surface area contributed by atoms with Crippen molar-refractivity contribution in [2.24, 2.45) is 0 Å². The molecule has 1 aromatic rings. The first-order valence-corrected chi connectivity index (χ1v) is 8.38. The molecule has 0 heterocycles. The molecule has 1 aromatic carbocycles. The summed E-state index contributed by atoms with van der Waals surface area (Å²) in [5.41, 5.74) is 1.36. The monoisotopic (exact) mass is 334 g/mol. The molecule has 0 fully saturated rings. The zero-order valence-electron chi connectivity index (χ0n) is 12.9. The summed E-state index contributed by atoms with van der Waals surface area (Å²) >= 11 is 3.64. The van der Waals surface area contributed by atoms with Gasteiger partial charge in [0, 0.05) is 5.88 Å². The van der Waals surface area contributed by atoms with Crippen LogP contribution in [0.15, 0.2) is 24.3 Å². The molecule has 0 N–H and O–H groups in total. The number of halogens is 1. The summed E-state index contributed by atoms with van der Waals surface area (Å²) in [6.45, 7) is 8.74. The maximum absolute atomic E-state index is 11.3. The predicted octanol–water partition coefficient (Wildman–Crippen LogP) is 3.60. The molecule has 0 spiro atoms. The van der Waals surface area contributed by atoms with Gasteiger partial charge in [0.15, 0.2) is 0 Å². The van der Waals surface area contributed by atoms with Crippen molar-refractivity contribution in [1.82, 2.24) is 0 Å². The van der Waals surface area contributed by atoms with Crippen LogP contribution in [0, 0.1) is 0 Å². The van der Waals surface area contributed by atoms with Crippen molar-refractivity contribution in [1.29, 1.82) is 0 Å². The minimum atomic E-state index is -1.79. The van der Waals surface area contributed by atoms with Gasteiger partial charge in [0.25, 0.3) is 0 Å². The third-order valence-corrected chi connectivity index (χ3v) is 3.70. The molecule has 6 heteroatoms. The standard InChI is InChI=1S/C15H23ClO4S/c1-12(20-21(17)19-10-9-16)11-18-14-7-5-13(6-8-14)15(2,3)4/h5-8,12H,9-11H2,1-4H3/t12-,21-/m1/s1. The van der Waals surface area contributed by atoms with Crippen molar-refractivity contribution in [2.45, 2.75) is 39.2 Å². The van der Waals surface area contributed by atoms with Crippen molar-refractivity contribution < 1.29 is 17.3 Å². The van der Waals surface area contributed by atoms with Crippen LogP contribution in [-0.4, -0.2) is 29.4 Å². The van der Waals surface area contributed by atoms with E-state index in [1.165, 1.54) is 5.56 Å². The highest BCUT2D eigenvalue weighted by Crippen LogP contribution is 2.24. The van der Waals surface area contributed by atoms with Gasteiger partial charge < -0.3 is 4.74 Å². The van der Waals surface area contributed by atoms with Crippen LogP contribution in [0.1, 0.15) is 33.3 Å². The Hall–Kier alpha value is -0.620. The van der Waals surface area contributed by atoms with Crippen molar-refractivity contribution in [3.05, 3.63) is 29.8 Å². The largest absolute Gasteiger partial charge is 0.491 e. The molecule has 0 aliphatic heterocycles. The average molecular weight is 335 g/mol. The van der Waals surface area contributed by atoms with Gasteiger partial charge >= 0.3 is 11.4 Å². The first kappa shape index (κ1) is 18.4. The van der Waals surface area contributed by atoms with Gasteiger partial charge in [-0.05, 0) is 30.0 Å². The fourth-order valence-corrected chi connectivity index (χ4v) is 2.32. The highest BCUT2D eigenvalue weighted by Gasteiger charge is 2.14. The third kappa shape index (κ3) is 7.27. The van der Waals surface area contributed by atoms with Gasteiger partial charge in [-0.25, -0.2) is 0 Å². The summed E-state index contributed by atoms with van der Waals surface area (Å²) in [6.07, 6.45) is -0.344. The second-order valence-corrected chi connectivity index (χ2v) is 6.92. The summed E-state index contributed by atoms with van der Waals surface area (Å²) in [4.78, 5) is 0. The van der Waals surface area contributed by atoms with E-state index in [9.17, 15) is 4.21 Å². The Morgan fingerprint density at radius 3 is 2.38 bits per heavy atom. The minimum absolute atomic E-state index is 0.117. The molecule has 0 saturated heterocycles. The summed E-state index contributed by atoms with van der Waals surface area (Å²) in [5, 5.41) is 0. The predicted molar refractivity (Wildman–Crippen MR) is 86.0 cm³/mol. The zero-order chi connectivity index (χ0) is 15.9. The quantitative estimate of drug-likeness (QED) is 0.681. The zero-order valence-corrected chi connectivity index (χ0v) is 14.5. The van der Waals surface area contributed by atoms with Crippen LogP contribution in [-0.2, 0) is 25.1 Å². The second kappa shape index (κ2) is 8.73. The van der Waals surface area contributed by atoms with Crippen molar-refractivity contribution in [3.63, 3.8) is 0 Å². The van der Waals surface area contributed by atoms with Gasteiger partial charge in [0.05, 0.1) is 6.61 Å². The Morgan fingerprint density at radius 2 is 1.86 bits per heavy atom. The van der Waals surface area contributed by atoms with Crippen LogP contribution >= 0.6 is 11.6 Å². The van der Waals surface area contributed by atoms with Gasteiger partial charge in [-0.2, -0.15) is 4.21 Å². The molecule has 120 valence electrons. The van der Waals surface area contributed by atoms with E-state index in [0.717, 1.165) is 5.75 Å². The molecule has 21 heavy (non-hydrogen) atoms. The van der Waals surface area contributed by atoms with E-state index in [1.54, 1.807) is 6.92 Å². The number of ether oxygens (including phenoxy) is 1. The molecule has 0 bridgehead atoms. The van der Waals surface area contributed by atoms with E-state index in [0.29, 0.717) is 6.61 Å². The fraction of sp³-hybridized carbons (Fsp3) is 0.600. The van der Waals surface area contributed by atoms with Crippen LogP contribution in [0.4, 0.5) is 0 Å². The van der Waals surface area contributed by atoms with Gasteiger partial charge in [0.2, 0.25) is 0 Å². The van der Waals surface area contributed by atoms with E-state index >= 15 is 0 Å². The number of alkyl halides is 1. The molecule has 1 rings (SSSR count). The van der Waals surface area contributed by atoms with Crippen LogP contribution in [0.5, 0.6) is 5.75 Å². The van der Waals surface area contributed by atoms with Gasteiger partial charge in [-0.1, -0.05) is 32.9 Å². The Kier molecular flexibility index (Phi) is 7.66. The molecule has 4 nitrogen and oxygen atoms in total. The van der Waals surface area contributed by atoms with Crippen molar-refractivity contribution in [3.8, 4) is 5.75 Å². The second-order valence-electron chi connectivity index (χ2n) is 5.71. The lowest BCUT2D eigenvalue weighted by atomic mass is 9.87. The fourth-order valence-electron chi connectivity index (χ4n) is 1.55. The lowest BCUT2D eigenvalue weighted by molar-refractivity contribution is 0.137. The van der Waals surface area contributed by atoms with Crippen LogP contribution in [0.2, 0.25) is 0 Å². The molecule has 0 saturated carbocycles. The topological polar surface area (TPSA) is 44.8 Å². The Morgan fingerprint density at radius 1 is 1.24 bits per heavy atom. The number of hydrogen-bond acceptors (Lipinski definition) is 4. The smallest absolute Gasteiger partial charge is 0.305 e. The van der Waals surface area contributed by atoms with E-state index in [2.05, 4.69) is 20.8 Å². The summed E-state index contributed by atoms with van der Waals surface area (Å²) in [7, 11) is 0. The van der Waals surface area contributed by atoms with Crippen LogP contribution in [0.3, 0.4) is 0 Å². The number of benzene rings is 1. The molecule has 0 aromatic heterocycles. The maximum atomic E-state index is 11.3. The average Bonchev–Trinajstić information content (AvgIpc) is 2.42. The first-order valence-electron chi connectivity index (χ1n) is 6.84. The summed E-state index contributed by atoms with van der Waals surface area (Å²) in [5.74, 6) is 1.03. The van der Waals surface area contributed by atoms with E-state index < -0.39 is 11.4 Å².